The van der Waals surface area contributed by atoms with Crippen LogP contribution >= 0.6 is 15.9 Å². The lowest BCUT2D eigenvalue weighted by Crippen LogP contribution is -2.22. The molecule has 0 unspecified atom stereocenters. The maximum absolute atomic E-state index is 12.1. The molecule has 2 heterocycles. The smallest absolute Gasteiger partial charge is 0.252 e. The third kappa shape index (κ3) is 3.28. The predicted molar refractivity (Wildman–Crippen MR) is 103 cm³/mol. The van der Waals surface area contributed by atoms with Crippen LogP contribution in [0.15, 0.2) is 33.7 Å². The van der Waals surface area contributed by atoms with Gasteiger partial charge in [-0.25, -0.2) is 0 Å². The third-order valence-electron chi connectivity index (χ3n) is 4.77. The minimum absolute atomic E-state index is 0.00839. The van der Waals surface area contributed by atoms with Gasteiger partial charge in [-0.15, -0.1) is 0 Å². The summed E-state index contributed by atoms with van der Waals surface area (Å²) in [6.45, 7) is 5.13. The number of hydrogen-bond acceptors (Lipinski definition) is 3. The van der Waals surface area contributed by atoms with Crippen molar-refractivity contribution in [3.8, 4) is 0 Å². The average Bonchev–Trinajstić information content (AvgIpc) is 3.29. The number of aromatic nitrogens is 3. The number of nitrogens with one attached hydrogen (secondary N) is 2. The van der Waals surface area contributed by atoms with Gasteiger partial charge in [-0.3, -0.25) is 9.48 Å². The summed E-state index contributed by atoms with van der Waals surface area (Å²) in [6.07, 6.45) is 4.39. The average molecular weight is 401 g/mol. The number of halogens is 1. The van der Waals surface area contributed by atoms with E-state index in [0.717, 1.165) is 21.3 Å². The number of nitrogens with zero attached hydrogens (tertiary/aromatic N) is 2. The SMILES string of the molecule is Cc1cc(C)c(CNCc2cc(Br)cc3c2cnn3C2CC2)c(=O)[nH]1. The molecule has 6 heteroatoms. The molecular weight excluding hydrogens is 380 g/mol. The molecule has 0 radical (unpaired) electrons. The number of benzene rings is 1. The number of aromatic amines is 1. The molecule has 0 saturated heterocycles. The molecule has 1 aliphatic rings. The summed E-state index contributed by atoms with van der Waals surface area (Å²) in [7, 11) is 0. The van der Waals surface area contributed by atoms with Gasteiger partial charge < -0.3 is 10.3 Å². The van der Waals surface area contributed by atoms with Crippen LogP contribution in [0.2, 0.25) is 0 Å². The van der Waals surface area contributed by atoms with Gasteiger partial charge in [0.05, 0.1) is 17.8 Å². The molecule has 2 N–H and O–H groups in total. The summed E-state index contributed by atoms with van der Waals surface area (Å²) in [6, 6.07) is 6.83. The molecule has 0 atom stereocenters. The van der Waals surface area contributed by atoms with E-state index >= 15 is 0 Å². The first-order chi connectivity index (χ1) is 12.0. The van der Waals surface area contributed by atoms with Gasteiger partial charge in [-0.05, 0) is 56.0 Å². The van der Waals surface area contributed by atoms with Crippen LogP contribution < -0.4 is 10.9 Å². The number of H-pyrrole nitrogens is 1. The van der Waals surface area contributed by atoms with E-state index in [1.165, 1.54) is 29.3 Å². The largest absolute Gasteiger partial charge is 0.326 e. The highest BCUT2D eigenvalue weighted by molar-refractivity contribution is 9.10. The zero-order valence-electron chi connectivity index (χ0n) is 14.4. The van der Waals surface area contributed by atoms with E-state index in [0.29, 0.717) is 19.1 Å². The second-order valence-electron chi connectivity index (χ2n) is 6.86. The van der Waals surface area contributed by atoms with Crippen LogP contribution in [0.3, 0.4) is 0 Å². The third-order valence-corrected chi connectivity index (χ3v) is 5.23. The molecule has 3 aromatic rings. The Morgan fingerprint density at radius 1 is 1.28 bits per heavy atom. The molecule has 1 aromatic carbocycles. The molecule has 5 nitrogen and oxygen atoms in total. The first-order valence-corrected chi connectivity index (χ1v) is 9.38. The van der Waals surface area contributed by atoms with Crippen molar-refractivity contribution in [1.29, 1.82) is 0 Å². The molecule has 130 valence electrons. The van der Waals surface area contributed by atoms with Crippen molar-refractivity contribution < 1.29 is 0 Å². The van der Waals surface area contributed by atoms with E-state index in [1.54, 1.807) is 0 Å². The first-order valence-electron chi connectivity index (χ1n) is 8.58. The lowest BCUT2D eigenvalue weighted by atomic mass is 10.1. The second kappa shape index (κ2) is 6.42. The second-order valence-corrected chi connectivity index (χ2v) is 7.78. The van der Waals surface area contributed by atoms with Crippen LogP contribution in [0.5, 0.6) is 0 Å². The van der Waals surface area contributed by atoms with Crippen LogP contribution in [0.25, 0.3) is 10.9 Å². The van der Waals surface area contributed by atoms with Gasteiger partial charge in [0, 0.05) is 34.2 Å². The van der Waals surface area contributed by atoms with Crippen molar-refractivity contribution in [2.45, 2.75) is 45.8 Å². The van der Waals surface area contributed by atoms with Crippen molar-refractivity contribution in [2.75, 3.05) is 0 Å². The zero-order valence-corrected chi connectivity index (χ0v) is 16.0. The Hall–Kier alpha value is -1.92. The standard InChI is InChI=1S/C19H21BrN4O/c1-11-5-12(2)23-19(25)16(11)9-21-8-13-6-14(20)7-18-17(13)10-22-24(18)15-3-4-15/h5-7,10,15,21H,3-4,8-9H2,1-2H3,(H,23,25). The van der Waals surface area contributed by atoms with Gasteiger partial charge in [0.2, 0.25) is 0 Å². The highest BCUT2D eigenvalue weighted by Gasteiger charge is 2.26. The quantitative estimate of drug-likeness (QED) is 0.685. The predicted octanol–water partition coefficient (Wildman–Crippen LogP) is 3.73. The monoisotopic (exact) mass is 400 g/mol. The Labute approximate surface area is 154 Å². The van der Waals surface area contributed by atoms with Crippen molar-refractivity contribution in [3.63, 3.8) is 0 Å². The fraction of sp³-hybridized carbons (Fsp3) is 0.368. The van der Waals surface area contributed by atoms with E-state index in [2.05, 4.69) is 48.1 Å². The summed E-state index contributed by atoms with van der Waals surface area (Å²) in [4.78, 5) is 15.0. The van der Waals surface area contributed by atoms with Crippen LogP contribution in [-0.4, -0.2) is 14.8 Å². The number of pyridine rings is 1. The molecule has 0 aliphatic heterocycles. The molecule has 1 saturated carbocycles. The van der Waals surface area contributed by atoms with Gasteiger partial charge in [-0.2, -0.15) is 5.10 Å². The molecular formula is C19H21BrN4O. The van der Waals surface area contributed by atoms with Crippen LogP contribution in [0, 0.1) is 13.8 Å². The Kier molecular flexibility index (Phi) is 4.25. The van der Waals surface area contributed by atoms with Gasteiger partial charge >= 0.3 is 0 Å². The Morgan fingerprint density at radius 2 is 2.08 bits per heavy atom. The molecule has 0 bridgehead atoms. The minimum atomic E-state index is -0.00839. The van der Waals surface area contributed by atoms with Crippen LogP contribution in [0.1, 0.15) is 41.3 Å². The van der Waals surface area contributed by atoms with Crippen molar-refractivity contribution in [2.24, 2.45) is 0 Å². The molecule has 0 amide bonds. The van der Waals surface area contributed by atoms with E-state index in [-0.39, 0.29) is 5.56 Å². The Morgan fingerprint density at radius 3 is 2.80 bits per heavy atom. The van der Waals surface area contributed by atoms with E-state index < -0.39 is 0 Å². The fourth-order valence-electron chi connectivity index (χ4n) is 3.36. The van der Waals surface area contributed by atoms with Crippen LogP contribution in [-0.2, 0) is 13.1 Å². The van der Waals surface area contributed by atoms with E-state index in [1.807, 2.05) is 26.1 Å². The maximum Gasteiger partial charge on any atom is 0.252 e. The highest BCUT2D eigenvalue weighted by atomic mass is 79.9. The van der Waals surface area contributed by atoms with E-state index in [4.69, 9.17) is 0 Å². The number of rotatable bonds is 5. The van der Waals surface area contributed by atoms with Gasteiger partial charge in [0.25, 0.3) is 5.56 Å². The lowest BCUT2D eigenvalue weighted by Gasteiger charge is -2.10. The molecule has 0 spiro atoms. The first kappa shape index (κ1) is 16.5. The topological polar surface area (TPSA) is 62.7 Å². The van der Waals surface area contributed by atoms with Crippen molar-refractivity contribution in [3.05, 3.63) is 61.6 Å². The summed E-state index contributed by atoms with van der Waals surface area (Å²) in [5, 5.41) is 9.17. The zero-order chi connectivity index (χ0) is 17.6. The lowest BCUT2D eigenvalue weighted by molar-refractivity contribution is 0.665. The number of aryl methyl sites for hydroxylation is 2. The van der Waals surface area contributed by atoms with E-state index in [9.17, 15) is 4.79 Å². The minimum Gasteiger partial charge on any atom is -0.326 e. The van der Waals surface area contributed by atoms with Crippen molar-refractivity contribution in [1.82, 2.24) is 20.1 Å². The molecule has 2 aromatic heterocycles. The summed E-state index contributed by atoms with van der Waals surface area (Å²) in [5.41, 5.74) is 5.08. The molecule has 25 heavy (non-hydrogen) atoms. The van der Waals surface area contributed by atoms with Gasteiger partial charge in [0.15, 0.2) is 0 Å². The summed E-state index contributed by atoms with van der Waals surface area (Å²) >= 11 is 3.62. The van der Waals surface area contributed by atoms with Crippen molar-refractivity contribution >= 4 is 26.8 Å². The normalized spacial score (nSPS) is 14.4. The maximum atomic E-state index is 12.1. The van der Waals surface area contributed by atoms with Gasteiger partial charge in [0.1, 0.15) is 0 Å². The molecule has 4 rings (SSSR count). The Bertz CT molecular complexity index is 1000. The number of fused-ring (bicyclic) bond motifs is 1. The molecule has 1 fully saturated rings. The fourth-order valence-corrected chi connectivity index (χ4v) is 3.85. The molecule has 1 aliphatic carbocycles. The van der Waals surface area contributed by atoms with Crippen LogP contribution in [0.4, 0.5) is 0 Å². The summed E-state index contributed by atoms with van der Waals surface area (Å²) in [5.74, 6) is 0. The summed E-state index contributed by atoms with van der Waals surface area (Å²) < 4.78 is 3.20. The Balaban J connectivity index is 1.56. The van der Waals surface area contributed by atoms with Gasteiger partial charge in [-0.1, -0.05) is 15.9 Å². The number of hydrogen-bond donors (Lipinski definition) is 2. The highest BCUT2D eigenvalue weighted by Crippen LogP contribution is 2.37.